The van der Waals surface area contributed by atoms with E-state index in [1.165, 1.54) is 180 Å². The first-order valence-corrected chi connectivity index (χ1v) is 33.5. The van der Waals surface area contributed by atoms with Crippen molar-refractivity contribution in [1.82, 2.24) is 39.9 Å². The van der Waals surface area contributed by atoms with E-state index in [0.29, 0.717) is 0 Å². The first-order valence-electron chi connectivity index (χ1n) is 33.5. The van der Waals surface area contributed by atoms with Crippen LogP contribution in [0, 0.1) is 0 Å². The van der Waals surface area contributed by atoms with Gasteiger partial charge in [0.2, 0.25) is 0 Å². The van der Waals surface area contributed by atoms with Gasteiger partial charge >= 0.3 is 39.0 Å². The molecule has 0 aromatic carbocycles. The minimum atomic E-state index is 0. The van der Waals surface area contributed by atoms with E-state index in [1.54, 1.807) is 0 Å². The molecule has 0 spiro atoms. The summed E-state index contributed by atoms with van der Waals surface area (Å²) in [5.41, 5.74) is 44.7. The normalized spacial score (nSPS) is 15.0. The van der Waals surface area contributed by atoms with Crippen LogP contribution >= 0.6 is 0 Å². The van der Waals surface area contributed by atoms with Crippen LogP contribution in [-0.2, 0) is 180 Å². The summed E-state index contributed by atoms with van der Waals surface area (Å²) in [6, 6.07) is 0. The molecular formula is C74H102N8Zn2. The number of aromatic nitrogens is 8. The SMILES string of the molecule is CCc1c2[n-]c(c1CC)Cc1[nH]c(c(CC)c1CC)C(CCC1c3[n-]c(c(CC)c3CC)Cc3[nH]c(c(CC)c3CC)Cc3[n-]c(c(CC)c3CC)Cc3[nH]c1c(CC)c3CC)c1[n-]c(c(CC)c1CC)Cc1[nH]c(c(CC)c1CC)C2.[Zn+2].[Zn+2]. The number of nitrogens with zero attached hydrogens (tertiary/aromatic N) is 4. The Labute approximate surface area is 532 Å². The Bertz CT molecular complexity index is 3080. The maximum absolute atomic E-state index is 6.08. The van der Waals surface area contributed by atoms with Crippen LogP contribution in [0.15, 0.2) is 0 Å². The number of H-pyrrole nitrogens is 4. The van der Waals surface area contributed by atoms with Crippen molar-refractivity contribution in [3.63, 3.8) is 0 Å². The Balaban J connectivity index is 0.00000460. The summed E-state index contributed by atoms with van der Waals surface area (Å²) in [6.07, 6.45) is 22.7. The fraction of sp³-hybridized carbons (Fsp3) is 0.568. The van der Waals surface area contributed by atoms with Gasteiger partial charge in [-0.25, -0.2) is 0 Å². The van der Waals surface area contributed by atoms with Gasteiger partial charge in [0.1, 0.15) is 0 Å². The van der Waals surface area contributed by atoms with Crippen LogP contribution in [0.3, 0.4) is 0 Å². The molecule has 84 heavy (non-hydrogen) atoms. The molecule has 2 unspecified atom stereocenters. The zero-order chi connectivity index (χ0) is 58.3. The number of aromatic amines is 4. The van der Waals surface area contributed by atoms with E-state index in [2.05, 4.69) is 131 Å². The van der Waals surface area contributed by atoms with Gasteiger partial charge in [0.25, 0.3) is 0 Å². The van der Waals surface area contributed by atoms with E-state index in [9.17, 15) is 0 Å². The Hall–Kier alpha value is -4.51. The Morgan fingerprint density at radius 2 is 0.429 bits per heavy atom. The third-order valence-corrected chi connectivity index (χ3v) is 20.5. The number of nitrogens with one attached hydrogen (secondary N) is 4. The van der Waals surface area contributed by atoms with E-state index >= 15 is 0 Å². The van der Waals surface area contributed by atoms with Crippen LogP contribution in [-0.4, -0.2) is 19.9 Å². The van der Waals surface area contributed by atoms with Crippen molar-refractivity contribution in [2.24, 2.45) is 0 Å². The fourth-order valence-corrected chi connectivity index (χ4v) is 17.0. The summed E-state index contributed by atoms with van der Waals surface area (Å²) >= 11 is 0. The number of hydrogen-bond acceptors (Lipinski definition) is 0. The predicted molar refractivity (Wildman–Crippen MR) is 342 cm³/mol. The zero-order valence-corrected chi connectivity index (χ0v) is 61.3. The summed E-state index contributed by atoms with van der Waals surface area (Å²) in [5.74, 6) is 0.122. The van der Waals surface area contributed by atoms with Crippen LogP contribution < -0.4 is 19.9 Å². The average Bonchev–Trinajstić information content (AvgIpc) is 2.46. The zero-order valence-electron chi connectivity index (χ0n) is 55.3. The first-order chi connectivity index (χ1) is 39.9. The summed E-state index contributed by atoms with van der Waals surface area (Å²) in [4.78, 5) is 40.6. The van der Waals surface area contributed by atoms with Crippen molar-refractivity contribution < 1.29 is 39.0 Å². The molecule has 8 aromatic heterocycles. The van der Waals surface area contributed by atoms with Gasteiger partial charge in [-0.15, -0.1) is 11.4 Å². The molecule has 8 aromatic rings. The molecule has 0 amide bonds. The monoisotopic (exact) mass is 1230 g/mol. The Morgan fingerprint density at radius 1 is 0.238 bits per heavy atom. The molecule has 10 heteroatoms. The van der Waals surface area contributed by atoms with Gasteiger partial charge < -0.3 is 39.9 Å². The minimum Gasteiger partial charge on any atom is -0.664 e. The maximum Gasteiger partial charge on any atom is 2.00 e. The molecule has 2 aliphatic rings. The number of hydrogen-bond donors (Lipinski definition) is 4. The second-order valence-electron chi connectivity index (χ2n) is 24.2. The quantitative estimate of drug-likeness (QED) is 0.0603. The van der Waals surface area contributed by atoms with E-state index in [4.69, 9.17) is 19.9 Å². The molecule has 2 atom stereocenters. The van der Waals surface area contributed by atoms with E-state index in [-0.39, 0.29) is 50.8 Å². The maximum atomic E-state index is 6.08. The van der Waals surface area contributed by atoms with E-state index in [0.717, 1.165) is 154 Å². The summed E-state index contributed by atoms with van der Waals surface area (Å²) < 4.78 is 0. The molecule has 10 rings (SSSR count). The largest absolute Gasteiger partial charge is 2.00 e. The van der Waals surface area contributed by atoms with Gasteiger partial charge in [-0.2, -0.15) is 34.2 Å². The predicted octanol–water partition coefficient (Wildman–Crippen LogP) is 15.7. The van der Waals surface area contributed by atoms with Crippen LogP contribution in [0.25, 0.3) is 0 Å². The molecule has 8 nitrogen and oxygen atoms in total. The van der Waals surface area contributed by atoms with Crippen molar-refractivity contribution in [3.05, 3.63) is 180 Å². The average molecular weight is 1230 g/mol. The third kappa shape index (κ3) is 11.3. The molecular weight excluding hydrogens is 1130 g/mol. The van der Waals surface area contributed by atoms with Crippen LogP contribution in [0.5, 0.6) is 0 Å². The molecule has 4 N–H and O–H groups in total. The summed E-state index contributed by atoms with van der Waals surface area (Å²) in [6.45, 7) is 37.9. The van der Waals surface area contributed by atoms with Crippen LogP contribution in [0.1, 0.15) is 316 Å². The molecule has 442 valence electrons. The Kier molecular flexibility index (Phi) is 21.9. The summed E-state index contributed by atoms with van der Waals surface area (Å²) in [7, 11) is 0. The van der Waals surface area contributed by atoms with Gasteiger partial charge in [0.15, 0.2) is 0 Å². The van der Waals surface area contributed by atoms with Crippen LogP contribution in [0.2, 0.25) is 0 Å². The molecule has 10 heterocycles. The molecule has 16 bridgehead atoms. The van der Waals surface area contributed by atoms with Gasteiger partial charge in [0.05, 0.1) is 0 Å². The molecule has 0 fully saturated rings. The van der Waals surface area contributed by atoms with E-state index in [1.807, 2.05) is 0 Å². The van der Waals surface area contributed by atoms with Crippen molar-refractivity contribution in [2.75, 3.05) is 0 Å². The van der Waals surface area contributed by atoms with Crippen molar-refractivity contribution in [3.8, 4) is 0 Å². The van der Waals surface area contributed by atoms with Gasteiger partial charge in [0, 0.05) is 57.4 Å². The smallest absolute Gasteiger partial charge is 0.664 e. The van der Waals surface area contributed by atoms with Gasteiger partial charge in [-0.1, -0.05) is 155 Å². The van der Waals surface area contributed by atoms with Gasteiger partial charge in [-0.05, 0) is 199 Å². The third-order valence-electron chi connectivity index (χ3n) is 20.5. The topological polar surface area (TPSA) is 120 Å². The first kappa shape index (κ1) is 65.5. The number of fused-ring (bicyclic) bond motifs is 16. The molecule has 2 aliphatic heterocycles. The number of rotatable bonds is 19. The molecule has 0 aliphatic carbocycles. The second kappa shape index (κ2) is 28.1. The summed E-state index contributed by atoms with van der Waals surface area (Å²) in [5, 5.41) is 0. The van der Waals surface area contributed by atoms with Crippen molar-refractivity contribution in [1.29, 1.82) is 0 Å². The van der Waals surface area contributed by atoms with Gasteiger partial charge in [-0.3, -0.25) is 0 Å². The van der Waals surface area contributed by atoms with Crippen molar-refractivity contribution >= 4 is 0 Å². The Morgan fingerprint density at radius 3 is 0.655 bits per heavy atom. The van der Waals surface area contributed by atoms with E-state index < -0.39 is 0 Å². The molecule has 0 saturated carbocycles. The fourth-order valence-electron chi connectivity index (χ4n) is 17.0. The molecule has 0 radical (unpaired) electrons. The van der Waals surface area contributed by atoms with Crippen molar-refractivity contribution in [2.45, 2.75) is 277 Å². The molecule has 0 saturated heterocycles. The minimum absolute atomic E-state index is 0. The standard InChI is InChI=1S/C74H102N8.2Zn/c1-17-41-45(21-5)63-37-67-49(25-9)53(29-13)71(79-67)57(72-54(30-14)50(26-10)68(80-72)38-64-46(22-6)42(18-2)60(76-64)35-59(41)75-63)33-34-58-73-55(31-15)51(27-11)69(81-73)39-65-47(23-7)43(19-3)61(77-65)36-62-44(20-4)48(24-8)66(78-62)40-70-52(28-12)56(32-16)74(58)82-70;;/h57-58,75,77,80,82H,17-40H2,1-16H3;;/q-4;2*+2. The second-order valence-corrected chi connectivity index (χ2v) is 24.2. The van der Waals surface area contributed by atoms with Crippen LogP contribution in [0.4, 0.5) is 0 Å².